The van der Waals surface area contributed by atoms with Gasteiger partial charge in [0, 0.05) is 18.6 Å². The molecule has 0 fully saturated rings. The zero-order valence-electron chi connectivity index (χ0n) is 10.5. The van der Waals surface area contributed by atoms with Crippen LogP contribution in [0.1, 0.15) is 10.5 Å². The van der Waals surface area contributed by atoms with E-state index in [1.54, 1.807) is 11.7 Å². The van der Waals surface area contributed by atoms with Crippen molar-refractivity contribution < 1.29 is 4.79 Å². The van der Waals surface area contributed by atoms with Gasteiger partial charge in [-0.15, -0.1) is 0 Å². The number of para-hydroxylation sites is 1. The minimum Gasteiger partial charge on any atom is -0.289 e. The number of hydrogen-bond donors (Lipinski definition) is 1. The van der Waals surface area contributed by atoms with Crippen LogP contribution in [0.5, 0.6) is 0 Å². The summed E-state index contributed by atoms with van der Waals surface area (Å²) in [5.41, 5.74) is 1.20. The fourth-order valence-corrected chi connectivity index (χ4v) is 2.08. The maximum Gasteiger partial charge on any atom is 0.279 e. The number of benzene rings is 1. The molecule has 0 aliphatic heterocycles. The van der Waals surface area contributed by atoms with Crippen molar-refractivity contribution in [2.45, 2.75) is 0 Å². The first-order valence-electron chi connectivity index (χ1n) is 5.87. The normalized spacial score (nSPS) is 10.7. The van der Waals surface area contributed by atoms with Crippen LogP contribution >= 0.6 is 11.6 Å². The van der Waals surface area contributed by atoms with Gasteiger partial charge in [0.25, 0.3) is 5.91 Å². The molecule has 2 aromatic heterocycles. The van der Waals surface area contributed by atoms with Gasteiger partial charge in [-0.2, -0.15) is 5.10 Å². The molecule has 1 amide bonds. The second-order valence-electron chi connectivity index (χ2n) is 4.15. The lowest BCUT2D eigenvalue weighted by atomic mass is 10.2. The Morgan fingerprint density at radius 3 is 2.90 bits per heavy atom. The molecular formula is C13H10ClN5O. The molecule has 100 valence electrons. The number of anilines is 1. The number of hydrogen-bond acceptors (Lipinski definition) is 4. The molecule has 1 N–H and O–H groups in total. The van der Waals surface area contributed by atoms with E-state index in [-0.39, 0.29) is 17.0 Å². The summed E-state index contributed by atoms with van der Waals surface area (Å²) in [5, 5.41) is 7.85. The highest BCUT2D eigenvalue weighted by atomic mass is 35.5. The van der Waals surface area contributed by atoms with Crippen LogP contribution in [0.15, 0.2) is 36.5 Å². The number of rotatable bonds is 2. The van der Waals surface area contributed by atoms with E-state index in [1.165, 1.54) is 12.3 Å². The molecule has 0 spiro atoms. The Labute approximate surface area is 119 Å². The summed E-state index contributed by atoms with van der Waals surface area (Å²) in [6.45, 7) is 0. The van der Waals surface area contributed by atoms with E-state index in [0.29, 0.717) is 5.69 Å². The lowest BCUT2D eigenvalue weighted by molar-refractivity contribution is 0.102. The summed E-state index contributed by atoms with van der Waals surface area (Å²) in [4.78, 5) is 20.1. The molecule has 0 radical (unpaired) electrons. The number of amides is 1. The van der Waals surface area contributed by atoms with Gasteiger partial charge in [-0.25, -0.2) is 9.97 Å². The largest absolute Gasteiger partial charge is 0.289 e. The summed E-state index contributed by atoms with van der Waals surface area (Å²) < 4.78 is 1.66. The summed E-state index contributed by atoms with van der Waals surface area (Å²) >= 11 is 5.75. The van der Waals surface area contributed by atoms with E-state index < -0.39 is 0 Å². The Hall–Kier alpha value is -2.47. The van der Waals surface area contributed by atoms with Gasteiger partial charge in [0.05, 0.1) is 5.52 Å². The summed E-state index contributed by atoms with van der Waals surface area (Å²) in [7, 11) is 1.79. The standard InChI is InChI=1S/C13H10ClN5O/c1-19-9-5-3-2-4-8(9)11(18-19)12(20)17-13-15-7-6-10(14)16-13/h2-7H,1H3,(H,15,16,17,20). The molecule has 0 bridgehead atoms. The van der Waals surface area contributed by atoms with Crippen LogP contribution in [0, 0.1) is 0 Å². The predicted molar refractivity (Wildman–Crippen MR) is 75.7 cm³/mol. The maximum atomic E-state index is 12.2. The van der Waals surface area contributed by atoms with Crippen molar-refractivity contribution in [1.82, 2.24) is 19.7 Å². The molecule has 0 aliphatic rings. The number of fused-ring (bicyclic) bond motifs is 1. The third-order valence-corrected chi connectivity index (χ3v) is 3.03. The van der Waals surface area contributed by atoms with Crippen molar-refractivity contribution >= 4 is 34.4 Å². The Bertz CT molecular complexity index is 798. The second kappa shape index (κ2) is 4.90. The molecular weight excluding hydrogens is 278 g/mol. The summed E-state index contributed by atoms with van der Waals surface area (Å²) in [6.07, 6.45) is 1.47. The first-order chi connectivity index (χ1) is 9.65. The van der Waals surface area contributed by atoms with E-state index in [4.69, 9.17) is 11.6 Å². The fourth-order valence-electron chi connectivity index (χ4n) is 1.94. The maximum absolute atomic E-state index is 12.2. The third-order valence-electron chi connectivity index (χ3n) is 2.82. The highest BCUT2D eigenvalue weighted by Crippen LogP contribution is 2.18. The first kappa shape index (κ1) is 12.6. The van der Waals surface area contributed by atoms with Gasteiger partial charge in [-0.1, -0.05) is 29.8 Å². The highest BCUT2D eigenvalue weighted by Gasteiger charge is 2.16. The Morgan fingerprint density at radius 2 is 2.10 bits per heavy atom. The van der Waals surface area contributed by atoms with Gasteiger partial charge >= 0.3 is 0 Å². The molecule has 6 nitrogen and oxygen atoms in total. The quantitative estimate of drug-likeness (QED) is 0.734. The van der Waals surface area contributed by atoms with E-state index in [0.717, 1.165) is 10.9 Å². The molecule has 2 heterocycles. The number of carbonyl (C=O) groups is 1. The van der Waals surface area contributed by atoms with Crippen molar-refractivity contribution in [3.8, 4) is 0 Å². The third kappa shape index (κ3) is 2.21. The van der Waals surface area contributed by atoms with Gasteiger partial charge in [0.1, 0.15) is 5.15 Å². The lowest BCUT2D eigenvalue weighted by Crippen LogP contribution is -2.15. The average Bonchev–Trinajstić information content (AvgIpc) is 2.77. The molecule has 20 heavy (non-hydrogen) atoms. The Balaban J connectivity index is 1.97. The van der Waals surface area contributed by atoms with Gasteiger partial charge in [-0.05, 0) is 12.1 Å². The number of aryl methyl sites for hydroxylation is 1. The Morgan fingerprint density at radius 1 is 1.30 bits per heavy atom. The summed E-state index contributed by atoms with van der Waals surface area (Å²) in [6, 6.07) is 9.03. The number of halogens is 1. The van der Waals surface area contributed by atoms with E-state index in [1.807, 2.05) is 24.3 Å². The van der Waals surface area contributed by atoms with Gasteiger partial charge in [0.15, 0.2) is 5.69 Å². The minimum absolute atomic E-state index is 0.150. The van der Waals surface area contributed by atoms with Crippen molar-refractivity contribution in [1.29, 1.82) is 0 Å². The number of nitrogens with zero attached hydrogens (tertiary/aromatic N) is 4. The van der Waals surface area contributed by atoms with Crippen LogP contribution in [0.2, 0.25) is 5.15 Å². The SMILES string of the molecule is Cn1nc(C(=O)Nc2nccc(Cl)n2)c2ccccc21. The predicted octanol–water partition coefficient (Wildman–Crippen LogP) is 2.27. The zero-order valence-corrected chi connectivity index (χ0v) is 11.3. The van der Waals surface area contributed by atoms with Crippen LogP contribution in [0.3, 0.4) is 0 Å². The fraction of sp³-hybridized carbons (Fsp3) is 0.0769. The van der Waals surface area contributed by atoms with E-state index in [9.17, 15) is 4.79 Å². The molecule has 0 saturated carbocycles. The van der Waals surface area contributed by atoms with Crippen LogP contribution in [-0.4, -0.2) is 25.7 Å². The number of carbonyl (C=O) groups excluding carboxylic acids is 1. The first-order valence-corrected chi connectivity index (χ1v) is 6.24. The molecule has 0 atom stereocenters. The molecule has 0 unspecified atom stereocenters. The van der Waals surface area contributed by atoms with Crippen LogP contribution in [0.25, 0.3) is 10.9 Å². The topological polar surface area (TPSA) is 72.7 Å². The average molecular weight is 288 g/mol. The monoisotopic (exact) mass is 287 g/mol. The summed E-state index contributed by atoms with van der Waals surface area (Å²) in [5.74, 6) is -0.221. The highest BCUT2D eigenvalue weighted by molar-refractivity contribution is 6.29. The van der Waals surface area contributed by atoms with Crippen LogP contribution in [-0.2, 0) is 7.05 Å². The van der Waals surface area contributed by atoms with Gasteiger partial charge < -0.3 is 0 Å². The molecule has 3 aromatic rings. The van der Waals surface area contributed by atoms with Crippen molar-refractivity contribution in [2.24, 2.45) is 7.05 Å². The smallest absolute Gasteiger partial charge is 0.279 e. The molecule has 0 aliphatic carbocycles. The van der Waals surface area contributed by atoms with Gasteiger partial charge in [0.2, 0.25) is 5.95 Å². The second-order valence-corrected chi connectivity index (χ2v) is 4.53. The van der Waals surface area contributed by atoms with Crippen LogP contribution < -0.4 is 5.32 Å². The molecule has 1 aromatic carbocycles. The number of nitrogens with one attached hydrogen (secondary N) is 1. The van der Waals surface area contributed by atoms with Crippen molar-refractivity contribution in [2.75, 3.05) is 5.32 Å². The van der Waals surface area contributed by atoms with Crippen LogP contribution in [0.4, 0.5) is 5.95 Å². The van der Waals surface area contributed by atoms with Crippen molar-refractivity contribution in [3.05, 3.63) is 47.4 Å². The molecule has 7 heteroatoms. The minimum atomic E-state index is -0.371. The van der Waals surface area contributed by atoms with E-state index >= 15 is 0 Å². The molecule has 3 rings (SSSR count). The zero-order chi connectivity index (χ0) is 14.1. The lowest BCUT2D eigenvalue weighted by Gasteiger charge is -2.01. The van der Waals surface area contributed by atoms with E-state index in [2.05, 4.69) is 20.4 Å². The molecule has 0 saturated heterocycles. The van der Waals surface area contributed by atoms with Gasteiger partial charge in [-0.3, -0.25) is 14.8 Å². The Kier molecular flexibility index (Phi) is 3.08. The number of aromatic nitrogens is 4. The van der Waals surface area contributed by atoms with Crippen molar-refractivity contribution in [3.63, 3.8) is 0 Å².